The van der Waals surface area contributed by atoms with Crippen LogP contribution in [0.25, 0.3) is 0 Å². The molecule has 6 nitrogen and oxygen atoms in total. The molecule has 0 spiro atoms. The molecule has 1 N–H and O–H groups in total. The number of aromatic nitrogens is 1. The molecule has 136 valence electrons. The monoisotopic (exact) mass is 352 g/mol. The summed E-state index contributed by atoms with van der Waals surface area (Å²) in [5, 5.41) is 3.00. The van der Waals surface area contributed by atoms with Gasteiger partial charge >= 0.3 is 0 Å². The van der Waals surface area contributed by atoms with Gasteiger partial charge in [0.1, 0.15) is 5.82 Å². The standard InChI is InChI=1S/C20H24N4O2/c1-14-10-15(2)19(16(3)11-14)22-20(26)17-4-5-18(21-12-17)24-8-6-23(13-25)7-9-24/h4-5,10-13H,6-9H2,1-3H3,(H,22,26). The maximum Gasteiger partial charge on any atom is 0.257 e. The minimum absolute atomic E-state index is 0.162. The molecule has 3 rings (SSSR count). The van der Waals surface area contributed by atoms with Crippen molar-refractivity contribution in [1.29, 1.82) is 0 Å². The van der Waals surface area contributed by atoms with E-state index in [2.05, 4.69) is 27.3 Å². The van der Waals surface area contributed by atoms with Crippen LogP contribution in [0.5, 0.6) is 0 Å². The third kappa shape index (κ3) is 3.85. The number of nitrogens with one attached hydrogen (secondary N) is 1. The fraction of sp³-hybridized carbons (Fsp3) is 0.350. The molecular weight excluding hydrogens is 328 g/mol. The van der Waals surface area contributed by atoms with Crippen LogP contribution in [-0.4, -0.2) is 48.4 Å². The lowest BCUT2D eigenvalue weighted by atomic mass is 10.0. The zero-order chi connectivity index (χ0) is 18.7. The van der Waals surface area contributed by atoms with E-state index in [4.69, 9.17) is 0 Å². The van der Waals surface area contributed by atoms with E-state index in [1.54, 1.807) is 17.2 Å². The summed E-state index contributed by atoms with van der Waals surface area (Å²) in [6, 6.07) is 7.77. The van der Waals surface area contributed by atoms with Crippen LogP contribution >= 0.6 is 0 Å². The molecule has 2 aromatic rings. The quantitative estimate of drug-likeness (QED) is 0.859. The highest BCUT2D eigenvalue weighted by Gasteiger charge is 2.17. The Bertz CT molecular complexity index is 786. The van der Waals surface area contributed by atoms with Gasteiger partial charge in [0.2, 0.25) is 6.41 Å². The van der Waals surface area contributed by atoms with E-state index in [9.17, 15) is 9.59 Å². The molecule has 0 radical (unpaired) electrons. The highest BCUT2D eigenvalue weighted by Crippen LogP contribution is 2.23. The van der Waals surface area contributed by atoms with Crippen molar-refractivity contribution in [3.63, 3.8) is 0 Å². The molecule has 2 heterocycles. The molecule has 1 aromatic carbocycles. The fourth-order valence-corrected chi connectivity index (χ4v) is 3.33. The summed E-state index contributed by atoms with van der Waals surface area (Å²) in [5.74, 6) is 0.666. The zero-order valence-corrected chi connectivity index (χ0v) is 15.5. The summed E-state index contributed by atoms with van der Waals surface area (Å²) in [5.41, 5.74) is 4.66. The summed E-state index contributed by atoms with van der Waals surface area (Å²) >= 11 is 0. The minimum Gasteiger partial charge on any atom is -0.353 e. The topological polar surface area (TPSA) is 65.5 Å². The third-order valence-electron chi connectivity index (χ3n) is 4.71. The molecule has 0 unspecified atom stereocenters. The van der Waals surface area contributed by atoms with Crippen LogP contribution in [0.2, 0.25) is 0 Å². The fourth-order valence-electron chi connectivity index (χ4n) is 3.33. The lowest BCUT2D eigenvalue weighted by molar-refractivity contribution is -0.118. The Morgan fingerprint density at radius 2 is 1.73 bits per heavy atom. The van der Waals surface area contributed by atoms with Crippen LogP contribution in [0, 0.1) is 20.8 Å². The first kappa shape index (κ1) is 17.9. The SMILES string of the molecule is Cc1cc(C)c(NC(=O)c2ccc(N3CCN(C=O)CC3)nc2)c(C)c1. The first-order chi connectivity index (χ1) is 12.5. The predicted molar refractivity (Wildman–Crippen MR) is 103 cm³/mol. The number of hydrogen-bond donors (Lipinski definition) is 1. The number of pyridine rings is 1. The van der Waals surface area contributed by atoms with Gasteiger partial charge in [0.15, 0.2) is 0 Å². The lowest BCUT2D eigenvalue weighted by Gasteiger charge is -2.33. The predicted octanol–water partition coefficient (Wildman–Crippen LogP) is 2.54. The van der Waals surface area contributed by atoms with Gasteiger partial charge in [-0.15, -0.1) is 0 Å². The van der Waals surface area contributed by atoms with Gasteiger partial charge < -0.3 is 15.1 Å². The number of hydrogen-bond acceptors (Lipinski definition) is 4. The van der Waals surface area contributed by atoms with Gasteiger partial charge in [-0.05, 0) is 44.0 Å². The van der Waals surface area contributed by atoms with Gasteiger partial charge in [-0.1, -0.05) is 17.7 Å². The second-order valence-corrected chi connectivity index (χ2v) is 6.76. The number of carbonyl (C=O) groups is 2. The van der Waals surface area contributed by atoms with Crippen molar-refractivity contribution in [2.75, 3.05) is 36.4 Å². The Morgan fingerprint density at radius 3 is 2.27 bits per heavy atom. The van der Waals surface area contributed by atoms with E-state index >= 15 is 0 Å². The third-order valence-corrected chi connectivity index (χ3v) is 4.71. The van der Waals surface area contributed by atoms with Crippen molar-refractivity contribution in [1.82, 2.24) is 9.88 Å². The van der Waals surface area contributed by atoms with Crippen molar-refractivity contribution in [2.45, 2.75) is 20.8 Å². The summed E-state index contributed by atoms with van der Waals surface area (Å²) in [7, 11) is 0. The molecule has 0 aliphatic carbocycles. The van der Waals surface area contributed by atoms with Crippen LogP contribution in [0.1, 0.15) is 27.0 Å². The van der Waals surface area contributed by atoms with Crippen molar-refractivity contribution < 1.29 is 9.59 Å². The molecule has 0 saturated carbocycles. The maximum atomic E-state index is 12.6. The van der Waals surface area contributed by atoms with E-state index in [0.717, 1.165) is 42.1 Å². The average molecular weight is 352 g/mol. The van der Waals surface area contributed by atoms with Gasteiger partial charge in [-0.3, -0.25) is 9.59 Å². The second kappa shape index (κ2) is 7.56. The normalized spacial score (nSPS) is 14.3. The van der Waals surface area contributed by atoms with E-state index in [-0.39, 0.29) is 5.91 Å². The highest BCUT2D eigenvalue weighted by atomic mass is 16.1. The Balaban J connectivity index is 1.69. The number of anilines is 2. The molecule has 1 fully saturated rings. The van der Waals surface area contributed by atoms with Crippen LogP contribution in [0.4, 0.5) is 11.5 Å². The van der Waals surface area contributed by atoms with Gasteiger partial charge in [-0.2, -0.15) is 0 Å². The highest BCUT2D eigenvalue weighted by molar-refractivity contribution is 6.05. The maximum absolute atomic E-state index is 12.6. The lowest BCUT2D eigenvalue weighted by Crippen LogP contribution is -2.46. The number of amides is 2. The van der Waals surface area contributed by atoms with Crippen LogP contribution < -0.4 is 10.2 Å². The van der Waals surface area contributed by atoms with E-state index in [1.807, 2.05) is 26.8 Å². The Hall–Kier alpha value is -2.89. The number of rotatable bonds is 4. The first-order valence-electron chi connectivity index (χ1n) is 8.77. The summed E-state index contributed by atoms with van der Waals surface area (Å²) < 4.78 is 0. The number of aryl methyl sites for hydroxylation is 3. The molecule has 1 aliphatic rings. The molecule has 1 aliphatic heterocycles. The van der Waals surface area contributed by atoms with Gasteiger partial charge in [0.25, 0.3) is 5.91 Å². The van der Waals surface area contributed by atoms with Crippen molar-refractivity contribution >= 4 is 23.8 Å². The van der Waals surface area contributed by atoms with Crippen LogP contribution in [0.15, 0.2) is 30.5 Å². The second-order valence-electron chi connectivity index (χ2n) is 6.76. The van der Waals surface area contributed by atoms with Crippen LogP contribution in [0.3, 0.4) is 0 Å². The molecular formula is C20H24N4O2. The van der Waals surface area contributed by atoms with Gasteiger partial charge in [-0.25, -0.2) is 4.98 Å². The molecule has 26 heavy (non-hydrogen) atoms. The number of nitrogens with zero attached hydrogens (tertiary/aromatic N) is 3. The smallest absolute Gasteiger partial charge is 0.257 e. The number of piperazine rings is 1. The Morgan fingerprint density at radius 1 is 1.08 bits per heavy atom. The van der Waals surface area contributed by atoms with E-state index in [1.165, 1.54) is 5.56 Å². The van der Waals surface area contributed by atoms with Crippen LogP contribution in [-0.2, 0) is 4.79 Å². The van der Waals surface area contributed by atoms with Gasteiger partial charge in [0, 0.05) is 38.1 Å². The average Bonchev–Trinajstić information content (AvgIpc) is 2.64. The molecule has 1 saturated heterocycles. The zero-order valence-electron chi connectivity index (χ0n) is 15.5. The molecule has 6 heteroatoms. The first-order valence-corrected chi connectivity index (χ1v) is 8.77. The molecule has 1 aromatic heterocycles. The van der Waals surface area contributed by atoms with Crippen molar-refractivity contribution in [2.24, 2.45) is 0 Å². The number of benzene rings is 1. The Labute approximate surface area is 153 Å². The minimum atomic E-state index is -0.162. The van der Waals surface area contributed by atoms with Crippen molar-refractivity contribution in [3.05, 3.63) is 52.7 Å². The summed E-state index contributed by atoms with van der Waals surface area (Å²) in [6.07, 6.45) is 2.49. The van der Waals surface area contributed by atoms with Gasteiger partial charge in [0.05, 0.1) is 5.56 Å². The molecule has 0 atom stereocenters. The summed E-state index contributed by atoms with van der Waals surface area (Å²) in [4.78, 5) is 31.7. The number of carbonyl (C=O) groups excluding carboxylic acids is 2. The van der Waals surface area contributed by atoms with Crippen molar-refractivity contribution in [3.8, 4) is 0 Å². The van der Waals surface area contributed by atoms with E-state index in [0.29, 0.717) is 18.7 Å². The largest absolute Gasteiger partial charge is 0.353 e. The van der Waals surface area contributed by atoms with E-state index < -0.39 is 0 Å². The summed E-state index contributed by atoms with van der Waals surface area (Å²) in [6.45, 7) is 8.92. The molecule has 2 amide bonds. The molecule has 0 bridgehead atoms. The Kier molecular flexibility index (Phi) is 5.21.